The smallest absolute Gasteiger partial charge is 0.329 e. The fourth-order valence-corrected chi connectivity index (χ4v) is 2.35. The van der Waals surface area contributed by atoms with Crippen LogP contribution in [0.3, 0.4) is 0 Å². The topological polar surface area (TPSA) is 137 Å². The Balaban J connectivity index is 1.74. The van der Waals surface area contributed by atoms with Gasteiger partial charge in [0.25, 0.3) is 11.6 Å². The molecule has 11 nitrogen and oxygen atoms in total. The fraction of sp³-hybridized carbons (Fsp3) is 0.188. The van der Waals surface area contributed by atoms with Crippen molar-refractivity contribution in [1.29, 1.82) is 0 Å². The predicted octanol–water partition coefficient (Wildman–Crippen LogP) is 1.34. The Kier molecular flexibility index (Phi) is 4.75. The maximum atomic E-state index is 12.6. The maximum absolute atomic E-state index is 12.6. The van der Waals surface area contributed by atoms with Gasteiger partial charge in [-0.25, -0.2) is 0 Å². The highest BCUT2D eigenvalue weighted by Crippen LogP contribution is 2.25. The molecule has 138 valence electrons. The molecule has 2 aromatic rings. The molecular formula is C16H13N5O6. The molecule has 0 N–H and O–H groups in total. The van der Waals surface area contributed by atoms with E-state index in [-0.39, 0.29) is 28.8 Å². The number of nitrogens with zero attached hydrogens (tertiary/aromatic N) is 5. The molecule has 0 aliphatic carbocycles. The molecule has 1 aliphatic rings. The van der Waals surface area contributed by atoms with Crippen LogP contribution in [0.5, 0.6) is 11.6 Å². The molecule has 1 aromatic heterocycles. The van der Waals surface area contributed by atoms with Crippen LogP contribution in [0.15, 0.2) is 41.5 Å². The van der Waals surface area contributed by atoms with Crippen LogP contribution in [0.2, 0.25) is 0 Å². The highest BCUT2D eigenvalue weighted by molar-refractivity contribution is 6.25. The summed E-state index contributed by atoms with van der Waals surface area (Å²) >= 11 is 0. The van der Waals surface area contributed by atoms with Gasteiger partial charge in [-0.15, -0.1) is 10.2 Å². The summed E-state index contributed by atoms with van der Waals surface area (Å²) in [6.07, 6.45) is 0. The molecule has 0 spiro atoms. The summed E-state index contributed by atoms with van der Waals surface area (Å²) in [4.78, 5) is 35.0. The van der Waals surface area contributed by atoms with Crippen molar-refractivity contribution in [2.45, 2.75) is 6.92 Å². The number of non-ortho nitro benzene ring substituents is 1. The van der Waals surface area contributed by atoms with Crippen LogP contribution in [0, 0.1) is 16.0 Å². The molecule has 1 unspecified atom stereocenters. The van der Waals surface area contributed by atoms with Crippen molar-refractivity contribution in [2.75, 3.05) is 12.1 Å². The average Bonchev–Trinajstić information content (AvgIpc) is 2.96. The molecule has 0 saturated heterocycles. The molecule has 0 saturated carbocycles. The van der Waals surface area contributed by atoms with Crippen LogP contribution in [0.1, 0.15) is 6.92 Å². The largest absolute Gasteiger partial charge is 0.480 e. The Morgan fingerprint density at radius 3 is 2.44 bits per heavy atom. The molecule has 11 heteroatoms. The van der Waals surface area contributed by atoms with Gasteiger partial charge in [0.2, 0.25) is 5.88 Å². The minimum atomic E-state index is -1.25. The molecule has 1 amide bonds. The minimum absolute atomic E-state index is 0.0777. The van der Waals surface area contributed by atoms with E-state index in [0.717, 1.165) is 5.01 Å². The lowest BCUT2D eigenvalue weighted by atomic mass is 10.1. The standard InChI is InChI=1S/C16H13N5O6/c1-9-14(16(23)27-11-5-3-10(4-6-11)21(24)25)15(22)20(19-9)12-7-8-13(26-2)18-17-12/h3-8,14H,1-2H3. The summed E-state index contributed by atoms with van der Waals surface area (Å²) in [5.41, 5.74) is 0.0817. The zero-order valence-corrected chi connectivity index (χ0v) is 14.2. The quantitative estimate of drug-likeness (QED) is 0.252. The zero-order chi connectivity index (χ0) is 19.6. The summed E-state index contributed by atoms with van der Waals surface area (Å²) in [5.74, 6) is -2.26. The fourth-order valence-electron chi connectivity index (χ4n) is 2.35. The van der Waals surface area contributed by atoms with Crippen LogP contribution in [0.4, 0.5) is 11.5 Å². The Bertz CT molecular complexity index is 925. The first-order valence-corrected chi connectivity index (χ1v) is 7.63. The second-order valence-corrected chi connectivity index (χ2v) is 5.43. The number of hydrogen-bond acceptors (Lipinski definition) is 9. The monoisotopic (exact) mass is 371 g/mol. The number of amides is 1. The maximum Gasteiger partial charge on any atom is 0.329 e. The number of rotatable bonds is 5. The number of esters is 1. The number of ether oxygens (including phenoxy) is 2. The minimum Gasteiger partial charge on any atom is -0.480 e. The predicted molar refractivity (Wildman–Crippen MR) is 91.4 cm³/mol. The molecule has 1 aliphatic heterocycles. The van der Waals surface area contributed by atoms with Gasteiger partial charge in [-0.3, -0.25) is 19.7 Å². The number of benzene rings is 1. The Hall–Kier alpha value is -3.89. The van der Waals surface area contributed by atoms with Crippen LogP contribution in [-0.4, -0.2) is 39.8 Å². The third kappa shape index (κ3) is 3.56. The highest BCUT2D eigenvalue weighted by atomic mass is 16.6. The third-order valence-electron chi connectivity index (χ3n) is 3.69. The van der Waals surface area contributed by atoms with E-state index >= 15 is 0 Å². The lowest BCUT2D eigenvalue weighted by molar-refractivity contribution is -0.384. The molecule has 27 heavy (non-hydrogen) atoms. The van der Waals surface area contributed by atoms with Gasteiger partial charge < -0.3 is 9.47 Å². The van der Waals surface area contributed by atoms with Gasteiger partial charge in [0.15, 0.2) is 11.7 Å². The molecule has 0 bridgehead atoms. The van der Waals surface area contributed by atoms with Crippen molar-refractivity contribution in [2.24, 2.45) is 11.0 Å². The number of hydrazone groups is 1. The number of nitro benzene ring substituents is 1. The highest BCUT2D eigenvalue weighted by Gasteiger charge is 2.42. The van der Waals surface area contributed by atoms with Gasteiger partial charge in [0, 0.05) is 18.2 Å². The first kappa shape index (κ1) is 17.9. The van der Waals surface area contributed by atoms with Crippen molar-refractivity contribution in [1.82, 2.24) is 10.2 Å². The van der Waals surface area contributed by atoms with E-state index in [0.29, 0.717) is 0 Å². The Labute approximate surface area is 152 Å². The Morgan fingerprint density at radius 2 is 1.89 bits per heavy atom. The summed E-state index contributed by atoms with van der Waals surface area (Å²) < 4.78 is 10.0. The van der Waals surface area contributed by atoms with E-state index in [4.69, 9.17) is 9.47 Å². The van der Waals surface area contributed by atoms with E-state index in [9.17, 15) is 19.7 Å². The van der Waals surface area contributed by atoms with Gasteiger partial charge in [0.1, 0.15) is 5.75 Å². The van der Waals surface area contributed by atoms with E-state index in [1.807, 2.05) is 0 Å². The van der Waals surface area contributed by atoms with E-state index in [1.54, 1.807) is 0 Å². The zero-order valence-electron chi connectivity index (χ0n) is 14.2. The second-order valence-electron chi connectivity index (χ2n) is 5.43. The lowest BCUT2D eigenvalue weighted by Crippen LogP contribution is -2.35. The van der Waals surface area contributed by atoms with Gasteiger partial charge in [-0.05, 0) is 25.1 Å². The third-order valence-corrected chi connectivity index (χ3v) is 3.69. The number of methoxy groups -OCH3 is 1. The van der Waals surface area contributed by atoms with Gasteiger partial charge in [-0.1, -0.05) is 0 Å². The summed E-state index contributed by atoms with van der Waals surface area (Å²) in [6.45, 7) is 1.51. The van der Waals surface area contributed by atoms with Crippen molar-refractivity contribution < 1.29 is 24.0 Å². The van der Waals surface area contributed by atoms with Crippen LogP contribution < -0.4 is 14.5 Å². The number of carbonyl (C=O) groups is 2. The molecule has 1 atom stereocenters. The summed E-state index contributed by atoms with van der Waals surface area (Å²) in [5, 5.41) is 23.2. The van der Waals surface area contributed by atoms with Crippen molar-refractivity contribution in [3.8, 4) is 11.6 Å². The summed E-state index contributed by atoms with van der Waals surface area (Å²) in [7, 11) is 1.43. The summed E-state index contributed by atoms with van der Waals surface area (Å²) in [6, 6.07) is 7.91. The average molecular weight is 371 g/mol. The number of anilines is 1. The van der Waals surface area contributed by atoms with Crippen molar-refractivity contribution >= 4 is 29.1 Å². The van der Waals surface area contributed by atoms with Crippen molar-refractivity contribution in [3.63, 3.8) is 0 Å². The molecule has 2 heterocycles. The SMILES string of the molecule is COc1ccc(N2N=C(C)C(C(=O)Oc3ccc([N+](=O)[O-])cc3)C2=O)nn1. The van der Waals surface area contributed by atoms with Crippen LogP contribution >= 0.6 is 0 Å². The second kappa shape index (κ2) is 7.15. The number of nitro groups is 1. The van der Waals surface area contributed by atoms with Crippen LogP contribution in [-0.2, 0) is 9.59 Å². The van der Waals surface area contributed by atoms with E-state index < -0.39 is 22.7 Å². The van der Waals surface area contributed by atoms with E-state index in [1.165, 1.54) is 50.4 Å². The molecule has 0 radical (unpaired) electrons. The van der Waals surface area contributed by atoms with Crippen molar-refractivity contribution in [3.05, 3.63) is 46.5 Å². The molecule has 1 aromatic carbocycles. The number of aromatic nitrogens is 2. The first-order valence-electron chi connectivity index (χ1n) is 7.63. The normalized spacial score (nSPS) is 16.1. The lowest BCUT2D eigenvalue weighted by Gasteiger charge is -2.12. The van der Waals surface area contributed by atoms with E-state index in [2.05, 4.69) is 15.3 Å². The number of hydrogen-bond donors (Lipinski definition) is 0. The van der Waals surface area contributed by atoms with Gasteiger partial charge in [-0.2, -0.15) is 10.1 Å². The molecule has 0 fully saturated rings. The Morgan fingerprint density at radius 1 is 1.19 bits per heavy atom. The van der Waals surface area contributed by atoms with Gasteiger partial charge >= 0.3 is 5.97 Å². The van der Waals surface area contributed by atoms with Gasteiger partial charge in [0.05, 0.1) is 17.7 Å². The van der Waals surface area contributed by atoms with Crippen LogP contribution in [0.25, 0.3) is 0 Å². The molecular weight excluding hydrogens is 358 g/mol. The molecule has 3 rings (SSSR count). The number of carbonyl (C=O) groups excluding carboxylic acids is 2. The first-order chi connectivity index (χ1) is 12.9.